The van der Waals surface area contributed by atoms with Crippen LogP contribution in [0.3, 0.4) is 0 Å². The third-order valence-electron chi connectivity index (χ3n) is 2.44. The quantitative estimate of drug-likeness (QED) is 0.780. The Kier molecular flexibility index (Phi) is 5.16. The zero-order valence-electron chi connectivity index (χ0n) is 9.84. The van der Waals surface area contributed by atoms with Crippen molar-refractivity contribution in [2.75, 3.05) is 20.8 Å². The lowest BCUT2D eigenvalue weighted by Crippen LogP contribution is -2.18. The summed E-state index contributed by atoms with van der Waals surface area (Å²) in [5, 5.41) is 2.80. The highest BCUT2D eigenvalue weighted by atomic mass is 31.2. The molecule has 0 heterocycles. The highest BCUT2D eigenvalue weighted by molar-refractivity contribution is 7.51. The lowest BCUT2D eigenvalue weighted by atomic mass is 10.0. The molecule has 1 rings (SSSR count). The molecule has 0 spiro atoms. The predicted molar refractivity (Wildman–Crippen MR) is 64.5 cm³/mol. The Morgan fingerprint density at radius 1 is 1.25 bits per heavy atom. The van der Waals surface area contributed by atoms with E-state index in [-0.39, 0.29) is 5.92 Å². The molecule has 1 unspecified atom stereocenters. The van der Waals surface area contributed by atoms with E-state index < -0.39 is 7.75 Å². The molecule has 1 aromatic rings. The number of nitrogens with one attached hydrogen (secondary N) is 1. The van der Waals surface area contributed by atoms with Crippen LogP contribution in [0.25, 0.3) is 0 Å². The largest absolute Gasteiger partial charge is 0.404 e. The molecule has 1 aromatic carbocycles. The molecule has 0 aromatic heterocycles. The topological polar surface area (TPSA) is 47.6 Å². The third-order valence-corrected chi connectivity index (χ3v) is 3.97. The highest BCUT2D eigenvalue weighted by Gasteiger charge is 2.21. The molecule has 0 saturated carbocycles. The van der Waals surface area contributed by atoms with Gasteiger partial charge in [0.1, 0.15) is 0 Å². The fourth-order valence-electron chi connectivity index (χ4n) is 1.35. The first-order chi connectivity index (χ1) is 7.61. The molecule has 0 aliphatic carbocycles. The number of benzene rings is 1. The highest BCUT2D eigenvalue weighted by Crippen LogP contribution is 2.41. The third kappa shape index (κ3) is 3.72. The van der Waals surface area contributed by atoms with Crippen LogP contribution in [0, 0.1) is 0 Å². The molecule has 0 amide bonds. The zero-order valence-corrected chi connectivity index (χ0v) is 10.7. The van der Waals surface area contributed by atoms with Crippen molar-refractivity contribution in [2.24, 2.45) is 0 Å². The second-order valence-corrected chi connectivity index (χ2v) is 5.58. The molecule has 0 radical (unpaired) electrons. The Labute approximate surface area is 96.6 Å². The first-order valence-corrected chi connectivity index (χ1v) is 6.67. The van der Waals surface area contributed by atoms with E-state index in [4.69, 9.17) is 9.05 Å². The molecular formula is C11H18NO3P. The smallest absolute Gasteiger partial charge is 0.300 e. The first kappa shape index (κ1) is 13.4. The van der Waals surface area contributed by atoms with E-state index in [2.05, 4.69) is 12.0 Å². The van der Waals surface area contributed by atoms with Crippen LogP contribution in [0.1, 0.15) is 18.4 Å². The van der Waals surface area contributed by atoms with Crippen molar-refractivity contribution < 1.29 is 13.6 Å². The van der Waals surface area contributed by atoms with Crippen molar-refractivity contribution in [3.63, 3.8) is 0 Å². The summed E-state index contributed by atoms with van der Waals surface area (Å²) in [7, 11) is -0.374. The monoisotopic (exact) mass is 243 g/mol. The summed E-state index contributed by atoms with van der Waals surface area (Å²) >= 11 is 0. The molecule has 1 atom stereocenters. The summed E-state index contributed by atoms with van der Waals surface area (Å²) in [6, 6.07) is 10.0. The predicted octanol–water partition coefficient (Wildman–Crippen LogP) is 2.78. The van der Waals surface area contributed by atoms with Gasteiger partial charge in [-0.1, -0.05) is 37.3 Å². The summed E-state index contributed by atoms with van der Waals surface area (Å²) in [6.45, 7) is 2.60. The molecule has 0 bridgehead atoms. The second kappa shape index (κ2) is 6.16. The normalized spacial score (nSPS) is 13.7. The van der Waals surface area contributed by atoms with Crippen LogP contribution >= 0.6 is 7.75 Å². The van der Waals surface area contributed by atoms with E-state index >= 15 is 0 Å². The van der Waals surface area contributed by atoms with E-state index in [0.29, 0.717) is 6.54 Å². The van der Waals surface area contributed by atoms with Gasteiger partial charge in [-0.05, 0) is 11.5 Å². The van der Waals surface area contributed by atoms with Gasteiger partial charge >= 0.3 is 7.75 Å². The Morgan fingerprint density at radius 3 is 2.31 bits per heavy atom. The molecule has 0 saturated heterocycles. The maximum Gasteiger partial charge on any atom is 0.404 e. The van der Waals surface area contributed by atoms with Gasteiger partial charge in [0.15, 0.2) is 0 Å². The summed E-state index contributed by atoms with van der Waals surface area (Å²) in [6.07, 6.45) is 0. The SMILES string of the molecule is COP(=O)(NCC(C)c1ccccc1)OC. The molecule has 16 heavy (non-hydrogen) atoms. The summed E-state index contributed by atoms with van der Waals surface area (Å²) in [5.74, 6) is 0.250. The molecule has 0 aliphatic heterocycles. The lowest BCUT2D eigenvalue weighted by Gasteiger charge is -2.18. The first-order valence-electron chi connectivity index (χ1n) is 5.13. The maximum absolute atomic E-state index is 11.7. The molecule has 90 valence electrons. The van der Waals surface area contributed by atoms with Gasteiger partial charge in [-0.15, -0.1) is 0 Å². The van der Waals surface area contributed by atoms with Gasteiger partial charge in [0.25, 0.3) is 0 Å². The van der Waals surface area contributed by atoms with Gasteiger partial charge in [-0.25, -0.2) is 9.65 Å². The summed E-state index contributed by atoms with van der Waals surface area (Å²) in [4.78, 5) is 0. The van der Waals surface area contributed by atoms with Crippen molar-refractivity contribution in [1.29, 1.82) is 0 Å². The lowest BCUT2D eigenvalue weighted by molar-refractivity contribution is 0.263. The van der Waals surface area contributed by atoms with E-state index in [1.54, 1.807) is 0 Å². The molecular weight excluding hydrogens is 225 g/mol. The zero-order chi connectivity index (χ0) is 12.0. The van der Waals surface area contributed by atoms with E-state index in [1.165, 1.54) is 19.8 Å². The Hall–Kier alpha value is -0.670. The van der Waals surface area contributed by atoms with Gasteiger partial charge in [0, 0.05) is 20.8 Å². The Balaban J connectivity index is 2.53. The van der Waals surface area contributed by atoms with Crippen molar-refractivity contribution in [3.8, 4) is 0 Å². The van der Waals surface area contributed by atoms with Gasteiger partial charge in [0.2, 0.25) is 0 Å². The fraction of sp³-hybridized carbons (Fsp3) is 0.455. The number of hydrogen-bond donors (Lipinski definition) is 1. The van der Waals surface area contributed by atoms with Gasteiger partial charge in [-0.3, -0.25) is 0 Å². The maximum atomic E-state index is 11.7. The second-order valence-electron chi connectivity index (χ2n) is 3.54. The molecule has 0 fully saturated rings. The summed E-state index contributed by atoms with van der Waals surface area (Å²) < 4.78 is 21.3. The minimum Gasteiger partial charge on any atom is -0.300 e. The summed E-state index contributed by atoms with van der Waals surface area (Å²) in [5.41, 5.74) is 1.19. The molecule has 0 aliphatic rings. The Morgan fingerprint density at radius 2 is 1.81 bits per heavy atom. The Bertz CT molecular complexity index is 348. The fourth-order valence-corrected chi connectivity index (χ4v) is 2.26. The van der Waals surface area contributed by atoms with Crippen molar-refractivity contribution in [2.45, 2.75) is 12.8 Å². The molecule has 4 nitrogen and oxygen atoms in total. The average Bonchev–Trinajstić information content (AvgIpc) is 2.36. The van der Waals surface area contributed by atoms with Crippen LogP contribution < -0.4 is 5.09 Å². The van der Waals surface area contributed by atoms with Crippen molar-refractivity contribution in [1.82, 2.24) is 5.09 Å². The van der Waals surface area contributed by atoms with Crippen LogP contribution in [-0.4, -0.2) is 20.8 Å². The molecule has 1 N–H and O–H groups in total. The van der Waals surface area contributed by atoms with Crippen LogP contribution in [0.4, 0.5) is 0 Å². The molecule has 5 heteroatoms. The van der Waals surface area contributed by atoms with Gasteiger partial charge < -0.3 is 9.05 Å². The van der Waals surface area contributed by atoms with E-state index in [0.717, 1.165) is 0 Å². The van der Waals surface area contributed by atoms with Crippen LogP contribution in [-0.2, 0) is 13.6 Å². The minimum atomic E-state index is -3.11. The minimum absolute atomic E-state index is 0.250. The van der Waals surface area contributed by atoms with Crippen molar-refractivity contribution >= 4 is 7.75 Å². The van der Waals surface area contributed by atoms with Crippen LogP contribution in [0.2, 0.25) is 0 Å². The standard InChI is InChI=1S/C11H18NO3P/c1-10(11-7-5-4-6-8-11)9-12-16(13,14-2)15-3/h4-8,10H,9H2,1-3H3,(H,12,13). The van der Waals surface area contributed by atoms with E-state index in [1.807, 2.05) is 30.3 Å². The van der Waals surface area contributed by atoms with Gasteiger partial charge in [0.05, 0.1) is 0 Å². The van der Waals surface area contributed by atoms with Crippen LogP contribution in [0.15, 0.2) is 30.3 Å². The van der Waals surface area contributed by atoms with Gasteiger partial charge in [-0.2, -0.15) is 0 Å². The average molecular weight is 243 g/mol. The van der Waals surface area contributed by atoms with Crippen molar-refractivity contribution in [3.05, 3.63) is 35.9 Å². The number of rotatable bonds is 6. The van der Waals surface area contributed by atoms with Crippen LogP contribution in [0.5, 0.6) is 0 Å². The number of hydrogen-bond acceptors (Lipinski definition) is 3. The van der Waals surface area contributed by atoms with E-state index in [9.17, 15) is 4.57 Å².